The van der Waals surface area contributed by atoms with Crippen molar-refractivity contribution in [2.75, 3.05) is 19.6 Å². The van der Waals surface area contributed by atoms with Gasteiger partial charge in [-0.3, -0.25) is 4.79 Å². The van der Waals surface area contributed by atoms with E-state index in [1.807, 2.05) is 0 Å². The van der Waals surface area contributed by atoms with Gasteiger partial charge in [0.05, 0.1) is 5.92 Å². The highest BCUT2D eigenvalue weighted by molar-refractivity contribution is 5.85. The Bertz CT molecular complexity index is 158. The summed E-state index contributed by atoms with van der Waals surface area (Å²) in [5, 5.41) is 8.64. The van der Waals surface area contributed by atoms with Crippen LogP contribution in [0.3, 0.4) is 0 Å². The molecule has 1 N–H and O–H groups in total. The number of rotatable bonds is 4. The zero-order chi connectivity index (χ0) is 8.97. The van der Waals surface area contributed by atoms with E-state index >= 15 is 0 Å². The topological polar surface area (TPSA) is 40.5 Å². The van der Waals surface area contributed by atoms with Crippen LogP contribution in [0.5, 0.6) is 0 Å². The summed E-state index contributed by atoms with van der Waals surface area (Å²) in [7, 11) is 0. The molecule has 1 fully saturated rings. The molecule has 78 valence electrons. The van der Waals surface area contributed by atoms with Gasteiger partial charge in [0.15, 0.2) is 0 Å². The Morgan fingerprint density at radius 3 is 2.46 bits per heavy atom. The van der Waals surface area contributed by atoms with Crippen LogP contribution < -0.4 is 0 Å². The van der Waals surface area contributed by atoms with Crippen molar-refractivity contribution in [2.45, 2.75) is 26.2 Å². The lowest BCUT2D eigenvalue weighted by molar-refractivity contribution is -0.141. The van der Waals surface area contributed by atoms with Gasteiger partial charge in [0.25, 0.3) is 0 Å². The van der Waals surface area contributed by atoms with E-state index in [1.165, 1.54) is 12.8 Å². The predicted octanol–water partition coefficient (Wildman–Crippen LogP) is 1.61. The van der Waals surface area contributed by atoms with Crippen molar-refractivity contribution in [1.29, 1.82) is 0 Å². The van der Waals surface area contributed by atoms with E-state index in [1.54, 1.807) is 6.92 Å². The summed E-state index contributed by atoms with van der Waals surface area (Å²) in [5.74, 6) is -0.861. The quantitative estimate of drug-likeness (QED) is 0.762. The fourth-order valence-electron chi connectivity index (χ4n) is 1.51. The van der Waals surface area contributed by atoms with Crippen LogP contribution in [0.25, 0.3) is 0 Å². The van der Waals surface area contributed by atoms with Gasteiger partial charge in [-0.1, -0.05) is 6.92 Å². The van der Waals surface area contributed by atoms with E-state index in [9.17, 15) is 4.79 Å². The molecule has 0 radical (unpaired) electrons. The van der Waals surface area contributed by atoms with Crippen LogP contribution in [-0.4, -0.2) is 35.6 Å². The summed E-state index contributed by atoms with van der Waals surface area (Å²) in [4.78, 5) is 12.8. The summed E-state index contributed by atoms with van der Waals surface area (Å²) in [6.07, 6.45) is 3.35. The van der Waals surface area contributed by atoms with Crippen LogP contribution in [-0.2, 0) is 4.79 Å². The number of carboxylic acid groups (broad SMARTS) is 1. The van der Waals surface area contributed by atoms with Crippen molar-refractivity contribution in [3.63, 3.8) is 0 Å². The first-order valence-electron chi connectivity index (χ1n) is 4.65. The molecule has 0 spiro atoms. The molecule has 3 nitrogen and oxygen atoms in total. The van der Waals surface area contributed by atoms with Crippen molar-refractivity contribution in [1.82, 2.24) is 4.90 Å². The highest BCUT2D eigenvalue weighted by atomic mass is 35.5. The van der Waals surface area contributed by atoms with Crippen LogP contribution in [0.2, 0.25) is 0 Å². The van der Waals surface area contributed by atoms with Gasteiger partial charge in [-0.15, -0.1) is 12.4 Å². The average Bonchev–Trinajstić information content (AvgIpc) is 2.51. The molecule has 0 bridgehead atoms. The van der Waals surface area contributed by atoms with Crippen LogP contribution in [0.15, 0.2) is 0 Å². The first-order valence-corrected chi connectivity index (χ1v) is 4.65. The van der Waals surface area contributed by atoms with E-state index in [4.69, 9.17) is 5.11 Å². The fourth-order valence-corrected chi connectivity index (χ4v) is 1.51. The molecule has 0 aromatic heterocycles. The highest BCUT2D eigenvalue weighted by Gasteiger charge is 2.15. The van der Waals surface area contributed by atoms with Gasteiger partial charge >= 0.3 is 5.97 Å². The lowest BCUT2D eigenvalue weighted by Crippen LogP contribution is -2.24. The van der Waals surface area contributed by atoms with E-state index in [2.05, 4.69) is 4.90 Å². The number of halogens is 1. The standard InChI is InChI=1S/C9H17NO2.ClH/c1-8(9(11)12)4-7-10-5-2-3-6-10;/h8H,2-7H2,1H3,(H,11,12);1H. The van der Waals surface area contributed by atoms with E-state index < -0.39 is 5.97 Å². The second-order valence-electron chi connectivity index (χ2n) is 3.58. The summed E-state index contributed by atoms with van der Waals surface area (Å²) in [6, 6.07) is 0. The molecule has 1 atom stereocenters. The summed E-state index contributed by atoms with van der Waals surface area (Å²) in [6.45, 7) is 5.05. The highest BCUT2D eigenvalue weighted by Crippen LogP contribution is 2.10. The molecule has 1 saturated heterocycles. The molecule has 0 amide bonds. The van der Waals surface area contributed by atoms with Crippen LogP contribution >= 0.6 is 12.4 Å². The molecule has 1 unspecified atom stereocenters. The number of hydrogen-bond acceptors (Lipinski definition) is 2. The summed E-state index contributed by atoms with van der Waals surface area (Å²) in [5.41, 5.74) is 0. The number of likely N-dealkylation sites (tertiary alicyclic amines) is 1. The third-order valence-corrected chi connectivity index (χ3v) is 2.50. The third-order valence-electron chi connectivity index (χ3n) is 2.50. The number of aliphatic carboxylic acids is 1. The third kappa shape index (κ3) is 4.48. The Kier molecular flexibility index (Phi) is 6.08. The predicted molar refractivity (Wildman–Crippen MR) is 54.3 cm³/mol. The van der Waals surface area contributed by atoms with Crippen LogP contribution in [0.1, 0.15) is 26.2 Å². The molecule has 1 aliphatic rings. The smallest absolute Gasteiger partial charge is 0.306 e. The molecule has 0 saturated carbocycles. The zero-order valence-electron chi connectivity index (χ0n) is 8.03. The van der Waals surface area contributed by atoms with Crippen LogP contribution in [0.4, 0.5) is 0 Å². The molecule has 0 aromatic carbocycles. The Morgan fingerprint density at radius 1 is 1.46 bits per heavy atom. The maximum absolute atomic E-state index is 10.5. The van der Waals surface area contributed by atoms with Gasteiger partial charge in [-0.05, 0) is 38.9 Å². The second-order valence-corrected chi connectivity index (χ2v) is 3.58. The van der Waals surface area contributed by atoms with Crippen molar-refractivity contribution < 1.29 is 9.90 Å². The maximum Gasteiger partial charge on any atom is 0.306 e. The molecule has 0 aromatic rings. The Labute approximate surface area is 85.5 Å². The largest absolute Gasteiger partial charge is 0.481 e. The molecule has 1 heterocycles. The first kappa shape index (κ1) is 12.7. The van der Waals surface area contributed by atoms with Gasteiger partial charge < -0.3 is 10.0 Å². The molecular weight excluding hydrogens is 190 g/mol. The second kappa shape index (κ2) is 6.22. The number of hydrogen-bond donors (Lipinski definition) is 1. The normalized spacial score (nSPS) is 19.5. The average molecular weight is 208 g/mol. The monoisotopic (exact) mass is 207 g/mol. The SMILES string of the molecule is CC(CCN1CCCC1)C(=O)O.Cl. The maximum atomic E-state index is 10.5. The minimum absolute atomic E-state index is 0. The minimum atomic E-state index is -0.672. The number of nitrogens with zero attached hydrogens (tertiary/aromatic N) is 1. The first-order chi connectivity index (χ1) is 5.70. The van der Waals surface area contributed by atoms with Crippen molar-refractivity contribution in [3.05, 3.63) is 0 Å². The van der Waals surface area contributed by atoms with Gasteiger partial charge in [0, 0.05) is 0 Å². The lowest BCUT2D eigenvalue weighted by atomic mass is 10.1. The van der Waals surface area contributed by atoms with Gasteiger partial charge in [0.2, 0.25) is 0 Å². The van der Waals surface area contributed by atoms with E-state index in [-0.39, 0.29) is 18.3 Å². The minimum Gasteiger partial charge on any atom is -0.481 e. The van der Waals surface area contributed by atoms with Crippen molar-refractivity contribution in [3.8, 4) is 0 Å². The zero-order valence-corrected chi connectivity index (χ0v) is 8.85. The Balaban J connectivity index is 0.00000144. The number of carbonyl (C=O) groups is 1. The molecule has 4 heteroatoms. The van der Waals surface area contributed by atoms with E-state index in [0.29, 0.717) is 0 Å². The Morgan fingerprint density at radius 2 is 2.00 bits per heavy atom. The lowest BCUT2D eigenvalue weighted by Gasteiger charge is -2.15. The molecule has 0 aliphatic carbocycles. The van der Waals surface area contributed by atoms with E-state index in [0.717, 1.165) is 26.1 Å². The summed E-state index contributed by atoms with van der Waals surface area (Å²) >= 11 is 0. The molecule has 13 heavy (non-hydrogen) atoms. The molecule has 1 aliphatic heterocycles. The molecular formula is C9H18ClNO2. The van der Waals surface area contributed by atoms with Gasteiger partial charge in [0.1, 0.15) is 0 Å². The van der Waals surface area contributed by atoms with Crippen molar-refractivity contribution in [2.24, 2.45) is 5.92 Å². The van der Waals surface area contributed by atoms with Gasteiger partial charge in [-0.25, -0.2) is 0 Å². The van der Waals surface area contributed by atoms with Gasteiger partial charge in [-0.2, -0.15) is 0 Å². The summed E-state index contributed by atoms with van der Waals surface area (Å²) < 4.78 is 0. The molecule has 1 rings (SSSR count). The fraction of sp³-hybridized carbons (Fsp3) is 0.889. The van der Waals surface area contributed by atoms with Crippen molar-refractivity contribution >= 4 is 18.4 Å². The number of carboxylic acids is 1. The Hall–Kier alpha value is -0.280. The van der Waals surface area contributed by atoms with Crippen LogP contribution in [0, 0.1) is 5.92 Å².